The quantitative estimate of drug-likeness (QED) is 0.474. The van der Waals surface area contributed by atoms with E-state index in [-0.39, 0.29) is 17.7 Å². The van der Waals surface area contributed by atoms with Crippen LogP contribution in [0.15, 0.2) is 77.0 Å². The van der Waals surface area contributed by atoms with Gasteiger partial charge in [0.1, 0.15) is 0 Å². The molecule has 9 heteroatoms. The van der Waals surface area contributed by atoms with Gasteiger partial charge in [0.15, 0.2) is 5.82 Å². The Bertz CT molecular complexity index is 1330. The molecule has 2 atom stereocenters. The molecule has 0 saturated carbocycles. The van der Waals surface area contributed by atoms with Gasteiger partial charge in [0.25, 0.3) is 5.91 Å². The number of carbonyl (C=O) groups excluding carboxylic acids is 2. The summed E-state index contributed by atoms with van der Waals surface area (Å²) >= 11 is 6.06. The molecule has 1 aliphatic carbocycles. The fourth-order valence-corrected chi connectivity index (χ4v) is 5.17. The van der Waals surface area contributed by atoms with Gasteiger partial charge in [-0.3, -0.25) is 13.8 Å². The van der Waals surface area contributed by atoms with Crippen molar-refractivity contribution in [3.8, 4) is 0 Å². The SMILES string of the molecule is CC1=CC=C(NC(=O)CC2CCN(c3ncc(S(C)=O)cc3NC(=O)c3cccc(Cl)c3)CC2)C=CC1C. The van der Waals surface area contributed by atoms with Crippen LogP contribution in [0.25, 0.3) is 0 Å². The van der Waals surface area contributed by atoms with Gasteiger partial charge in [0.2, 0.25) is 5.91 Å². The smallest absolute Gasteiger partial charge is 0.255 e. The first kappa shape index (κ1) is 27.8. The highest BCUT2D eigenvalue weighted by atomic mass is 35.5. The van der Waals surface area contributed by atoms with E-state index in [1.165, 1.54) is 5.57 Å². The number of nitrogens with one attached hydrogen (secondary N) is 2. The van der Waals surface area contributed by atoms with Crippen molar-refractivity contribution >= 4 is 45.7 Å². The Morgan fingerprint density at radius 1 is 1.16 bits per heavy atom. The molecule has 2 aromatic rings. The number of aromatic nitrogens is 1. The average Bonchev–Trinajstić information content (AvgIpc) is 3.05. The second-order valence-electron chi connectivity index (χ2n) is 9.82. The van der Waals surface area contributed by atoms with E-state index in [1.54, 1.807) is 42.8 Å². The van der Waals surface area contributed by atoms with Gasteiger partial charge in [0, 0.05) is 48.2 Å². The van der Waals surface area contributed by atoms with Crippen LogP contribution in [0.2, 0.25) is 5.02 Å². The molecule has 1 aromatic carbocycles. The highest BCUT2D eigenvalue weighted by Crippen LogP contribution is 2.31. The standard InChI is InChI=1S/C29H33ClN4O3S/c1-19-7-9-24(10-8-20(19)2)32-27(35)15-21-11-13-34(14-12-21)28-26(17-25(18-31-28)38(3)37)33-29(36)22-5-4-6-23(30)16-22/h4-10,16-19,21H,11-15H2,1-3H3,(H,32,35)(H,33,36). The van der Waals surface area contributed by atoms with E-state index in [0.29, 0.717) is 52.4 Å². The third-order valence-corrected chi connectivity index (χ3v) is 8.11. The molecule has 2 amide bonds. The second kappa shape index (κ2) is 12.5. The molecule has 200 valence electrons. The number of hydrogen-bond acceptors (Lipinski definition) is 5. The van der Waals surface area contributed by atoms with Crippen molar-refractivity contribution < 1.29 is 13.8 Å². The molecule has 1 fully saturated rings. The van der Waals surface area contributed by atoms with Crippen molar-refractivity contribution in [2.45, 2.75) is 38.0 Å². The molecule has 0 radical (unpaired) electrons. The van der Waals surface area contributed by atoms with Gasteiger partial charge in [-0.25, -0.2) is 4.98 Å². The number of rotatable bonds is 7. The lowest BCUT2D eigenvalue weighted by atomic mass is 9.93. The van der Waals surface area contributed by atoms with Crippen molar-refractivity contribution in [1.29, 1.82) is 0 Å². The lowest BCUT2D eigenvalue weighted by Gasteiger charge is -2.33. The first-order valence-corrected chi connectivity index (χ1v) is 14.6. The lowest BCUT2D eigenvalue weighted by Crippen LogP contribution is -2.36. The Kier molecular flexibility index (Phi) is 9.17. The number of allylic oxidation sites excluding steroid dienone is 5. The van der Waals surface area contributed by atoms with Crippen molar-refractivity contribution in [3.05, 3.63) is 82.7 Å². The highest BCUT2D eigenvalue weighted by molar-refractivity contribution is 7.84. The number of anilines is 2. The number of pyridine rings is 1. The number of piperidine rings is 1. The van der Waals surface area contributed by atoms with E-state index in [1.807, 2.05) is 18.2 Å². The summed E-state index contributed by atoms with van der Waals surface area (Å²) in [4.78, 5) is 32.9. The van der Waals surface area contributed by atoms with Gasteiger partial charge in [-0.15, -0.1) is 0 Å². The zero-order valence-corrected chi connectivity index (χ0v) is 23.4. The minimum atomic E-state index is -1.25. The first-order chi connectivity index (χ1) is 18.2. The zero-order chi connectivity index (χ0) is 27.2. The van der Waals surface area contributed by atoms with Gasteiger partial charge in [-0.1, -0.05) is 42.3 Å². The molecule has 0 spiro atoms. The maximum atomic E-state index is 12.9. The number of carbonyl (C=O) groups is 2. The maximum Gasteiger partial charge on any atom is 0.255 e. The van der Waals surface area contributed by atoms with Crippen LogP contribution in [0.3, 0.4) is 0 Å². The molecule has 1 aliphatic heterocycles. The molecule has 2 unspecified atom stereocenters. The van der Waals surface area contributed by atoms with Crippen LogP contribution >= 0.6 is 11.6 Å². The van der Waals surface area contributed by atoms with Crippen LogP contribution in [-0.2, 0) is 15.6 Å². The summed E-state index contributed by atoms with van der Waals surface area (Å²) in [5.41, 5.74) is 3.00. The molecule has 1 saturated heterocycles. The summed E-state index contributed by atoms with van der Waals surface area (Å²) in [6.45, 7) is 5.61. The van der Waals surface area contributed by atoms with E-state index in [9.17, 15) is 13.8 Å². The summed E-state index contributed by atoms with van der Waals surface area (Å²) in [5.74, 6) is 0.933. The Hall–Kier alpha value is -3.23. The molecule has 1 aromatic heterocycles. The van der Waals surface area contributed by atoms with Crippen molar-refractivity contribution in [3.63, 3.8) is 0 Å². The van der Waals surface area contributed by atoms with Gasteiger partial charge >= 0.3 is 0 Å². The molecule has 0 bridgehead atoms. The summed E-state index contributed by atoms with van der Waals surface area (Å²) in [5, 5.41) is 6.44. The van der Waals surface area contributed by atoms with Crippen LogP contribution in [0, 0.1) is 11.8 Å². The summed E-state index contributed by atoms with van der Waals surface area (Å²) in [7, 11) is -1.25. The fraction of sp³-hybridized carbons (Fsp3) is 0.345. The summed E-state index contributed by atoms with van der Waals surface area (Å²) in [6.07, 6.45) is 13.3. The Morgan fingerprint density at radius 3 is 2.63 bits per heavy atom. The zero-order valence-electron chi connectivity index (χ0n) is 21.9. The van der Waals surface area contributed by atoms with E-state index >= 15 is 0 Å². The molecule has 7 nitrogen and oxygen atoms in total. The third kappa shape index (κ3) is 7.20. The molecular formula is C29H33ClN4O3S. The molecule has 2 aliphatic rings. The second-order valence-corrected chi connectivity index (χ2v) is 11.6. The Morgan fingerprint density at radius 2 is 1.92 bits per heavy atom. The van der Waals surface area contributed by atoms with Gasteiger partial charge in [0.05, 0.1) is 21.4 Å². The van der Waals surface area contributed by atoms with Crippen LogP contribution < -0.4 is 15.5 Å². The van der Waals surface area contributed by atoms with Crippen LogP contribution in [0.5, 0.6) is 0 Å². The highest BCUT2D eigenvalue weighted by Gasteiger charge is 2.25. The average molecular weight is 553 g/mol. The molecule has 2 N–H and O–H groups in total. The van der Waals surface area contributed by atoms with E-state index in [0.717, 1.165) is 18.5 Å². The molecule has 38 heavy (non-hydrogen) atoms. The van der Waals surface area contributed by atoms with Crippen LogP contribution in [-0.4, -0.2) is 40.4 Å². The fourth-order valence-electron chi connectivity index (χ4n) is 4.50. The summed E-state index contributed by atoms with van der Waals surface area (Å²) < 4.78 is 12.1. The van der Waals surface area contributed by atoms with Gasteiger partial charge in [-0.05, 0) is 68.0 Å². The molecular weight excluding hydrogens is 520 g/mol. The third-order valence-electron chi connectivity index (χ3n) is 6.99. The Balaban J connectivity index is 1.40. The van der Waals surface area contributed by atoms with E-state index in [4.69, 9.17) is 11.6 Å². The van der Waals surface area contributed by atoms with E-state index in [2.05, 4.69) is 40.4 Å². The van der Waals surface area contributed by atoms with Crippen molar-refractivity contribution in [2.75, 3.05) is 29.6 Å². The minimum Gasteiger partial charge on any atom is -0.355 e. The van der Waals surface area contributed by atoms with Crippen molar-refractivity contribution in [2.24, 2.45) is 11.8 Å². The predicted molar refractivity (Wildman–Crippen MR) is 154 cm³/mol. The normalized spacial score (nSPS) is 18.7. The number of benzene rings is 1. The van der Waals surface area contributed by atoms with Crippen molar-refractivity contribution in [1.82, 2.24) is 10.3 Å². The first-order valence-electron chi connectivity index (χ1n) is 12.7. The van der Waals surface area contributed by atoms with Crippen LogP contribution in [0.1, 0.15) is 43.5 Å². The monoisotopic (exact) mass is 552 g/mol. The van der Waals surface area contributed by atoms with E-state index < -0.39 is 10.8 Å². The minimum absolute atomic E-state index is 0.0160. The maximum absolute atomic E-state index is 12.9. The summed E-state index contributed by atoms with van der Waals surface area (Å²) in [6, 6.07) is 8.42. The molecule has 2 heterocycles. The topological polar surface area (TPSA) is 91.4 Å². The number of amides is 2. The van der Waals surface area contributed by atoms with Gasteiger partial charge in [-0.2, -0.15) is 0 Å². The Labute approximate surface area is 231 Å². The molecule has 4 rings (SSSR count). The largest absolute Gasteiger partial charge is 0.355 e. The van der Waals surface area contributed by atoms with Crippen LogP contribution in [0.4, 0.5) is 11.5 Å². The number of nitrogens with zero attached hydrogens (tertiary/aromatic N) is 2. The van der Waals surface area contributed by atoms with Gasteiger partial charge < -0.3 is 15.5 Å². The predicted octanol–water partition coefficient (Wildman–Crippen LogP) is 5.48. The lowest BCUT2D eigenvalue weighted by molar-refractivity contribution is -0.121. The number of hydrogen-bond donors (Lipinski definition) is 2. The number of halogens is 1.